The monoisotopic (exact) mass is 350 g/mol. The van der Waals surface area contributed by atoms with E-state index in [9.17, 15) is 9.18 Å². The van der Waals surface area contributed by atoms with Gasteiger partial charge in [-0.3, -0.25) is 9.69 Å². The first-order valence-electron chi connectivity index (χ1n) is 8.85. The second kappa shape index (κ2) is 7.30. The molecule has 1 aromatic rings. The van der Waals surface area contributed by atoms with Gasteiger partial charge in [-0.25, -0.2) is 4.39 Å². The molecule has 0 N–H and O–H groups in total. The summed E-state index contributed by atoms with van der Waals surface area (Å²) in [7, 11) is 1.48. The highest BCUT2D eigenvalue weighted by atomic mass is 19.1. The summed E-state index contributed by atoms with van der Waals surface area (Å²) >= 11 is 0. The molecule has 0 aliphatic carbocycles. The van der Waals surface area contributed by atoms with E-state index in [1.807, 2.05) is 24.8 Å². The van der Waals surface area contributed by atoms with Gasteiger partial charge in [0.05, 0.1) is 13.7 Å². The fraction of sp³-hybridized carbons (Fsp3) is 0.632. The van der Waals surface area contributed by atoms with Crippen molar-refractivity contribution in [2.24, 2.45) is 5.41 Å². The second-order valence-corrected chi connectivity index (χ2v) is 7.50. The van der Waals surface area contributed by atoms with Crippen LogP contribution in [0.1, 0.15) is 25.8 Å². The highest BCUT2D eigenvalue weighted by Gasteiger charge is 2.43. The number of hydrogen-bond donors (Lipinski definition) is 0. The summed E-state index contributed by atoms with van der Waals surface area (Å²) in [5, 5.41) is 0. The van der Waals surface area contributed by atoms with Crippen LogP contribution in [0, 0.1) is 11.2 Å². The van der Waals surface area contributed by atoms with E-state index in [0.717, 1.165) is 19.5 Å². The van der Waals surface area contributed by atoms with Crippen molar-refractivity contribution in [1.29, 1.82) is 0 Å². The Morgan fingerprint density at radius 2 is 2.16 bits per heavy atom. The Morgan fingerprint density at radius 3 is 2.88 bits per heavy atom. The van der Waals surface area contributed by atoms with Gasteiger partial charge in [0.2, 0.25) is 5.91 Å². The molecule has 0 saturated carbocycles. The van der Waals surface area contributed by atoms with Crippen molar-refractivity contribution in [2.75, 3.05) is 40.0 Å². The Morgan fingerprint density at radius 1 is 1.36 bits per heavy atom. The maximum Gasteiger partial charge on any atom is 0.248 e. The van der Waals surface area contributed by atoms with E-state index in [1.165, 1.54) is 7.11 Å². The van der Waals surface area contributed by atoms with Gasteiger partial charge in [0.15, 0.2) is 11.6 Å². The first kappa shape index (κ1) is 18.1. The molecule has 3 rings (SSSR count). The Labute approximate surface area is 148 Å². The zero-order valence-electron chi connectivity index (χ0n) is 15.3. The Bertz CT molecular complexity index is 637. The van der Waals surface area contributed by atoms with Gasteiger partial charge in [0, 0.05) is 36.7 Å². The Kier molecular flexibility index (Phi) is 5.29. The molecule has 25 heavy (non-hydrogen) atoms. The molecule has 0 bridgehead atoms. The second-order valence-electron chi connectivity index (χ2n) is 7.50. The van der Waals surface area contributed by atoms with Crippen LogP contribution in [0.15, 0.2) is 18.2 Å². The normalized spacial score (nSPS) is 25.0. The van der Waals surface area contributed by atoms with Gasteiger partial charge in [-0.2, -0.15) is 0 Å². The van der Waals surface area contributed by atoms with E-state index in [2.05, 4.69) is 4.90 Å². The molecule has 1 spiro atoms. The lowest BCUT2D eigenvalue weighted by Gasteiger charge is -2.34. The minimum absolute atomic E-state index is 0.0594. The number of rotatable bonds is 4. The molecule has 1 amide bonds. The number of methoxy groups -OCH3 is 1. The van der Waals surface area contributed by atoms with Crippen LogP contribution >= 0.6 is 0 Å². The van der Waals surface area contributed by atoms with Crippen LogP contribution in [-0.4, -0.2) is 61.7 Å². The van der Waals surface area contributed by atoms with E-state index in [-0.39, 0.29) is 35.5 Å². The van der Waals surface area contributed by atoms with Crippen LogP contribution in [-0.2, 0) is 16.1 Å². The van der Waals surface area contributed by atoms with Crippen molar-refractivity contribution in [3.63, 3.8) is 0 Å². The lowest BCUT2D eigenvalue weighted by molar-refractivity contribution is -0.135. The number of nitrogens with zero attached hydrogens (tertiary/aromatic N) is 2. The highest BCUT2D eigenvalue weighted by Crippen LogP contribution is 2.35. The zero-order valence-corrected chi connectivity index (χ0v) is 15.3. The first-order valence-corrected chi connectivity index (χ1v) is 8.85. The van der Waals surface area contributed by atoms with Gasteiger partial charge >= 0.3 is 0 Å². The molecular weight excluding hydrogens is 323 g/mol. The maximum atomic E-state index is 14.4. The smallest absolute Gasteiger partial charge is 0.248 e. The topological polar surface area (TPSA) is 42.0 Å². The van der Waals surface area contributed by atoms with Crippen molar-refractivity contribution >= 4 is 5.91 Å². The average Bonchev–Trinajstić information content (AvgIpc) is 2.88. The zero-order chi connectivity index (χ0) is 18.0. The number of likely N-dealkylation sites (tertiary alicyclic amines) is 1. The maximum absolute atomic E-state index is 14.4. The fourth-order valence-electron chi connectivity index (χ4n) is 3.89. The van der Waals surface area contributed by atoms with Crippen molar-refractivity contribution in [2.45, 2.75) is 32.9 Å². The quantitative estimate of drug-likeness (QED) is 0.836. The number of carbonyl (C=O) groups excluding carboxylic acids is 1. The van der Waals surface area contributed by atoms with E-state index in [1.54, 1.807) is 12.1 Å². The number of hydrogen-bond acceptors (Lipinski definition) is 4. The molecule has 6 heteroatoms. The van der Waals surface area contributed by atoms with Gasteiger partial charge in [0.1, 0.15) is 6.61 Å². The molecule has 138 valence electrons. The van der Waals surface area contributed by atoms with E-state index >= 15 is 0 Å². The number of carbonyl (C=O) groups is 1. The van der Waals surface area contributed by atoms with Crippen molar-refractivity contribution in [1.82, 2.24) is 9.80 Å². The minimum Gasteiger partial charge on any atom is -0.494 e. The third kappa shape index (κ3) is 3.80. The molecule has 2 aliphatic heterocycles. The molecule has 0 aromatic heterocycles. The third-order valence-corrected chi connectivity index (χ3v) is 5.26. The van der Waals surface area contributed by atoms with Crippen molar-refractivity contribution in [3.8, 4) is 5.75 Å². The molecule has 0 radical (unpaired) electrons. The molecule has 1 aromatic carbocycles. The predicted molar refractivity (Wildman–Crippen MR) is 92.9 cm³/mol. The van der Waals surface area contributed by atoms with Crippen LogP contribution in [0.5, 0.6) is 5.75 Å². The van der Waals surface area contributed by atoms with Crippen LogP contribution in [0.2, 0.25) is 0 Å². The van der Waals surface area contributed by atoms with E-state index < -0.39 is 0 Å². The summed E-state index contributed by atoms with van der Waals surface area (Å²) in [6, 6.07) is 5.42. The third-order valence-electron chi connectivity index (χ3n) is 5.26. The van der Waals surface area contributed by atoms with E-state index in [4.69, 9.17) is 9.47 Å². The van der Waals surface area contributed by atoms with Gasteiger partial charge in [-0.15, -0.1) is 0 Å². The standard InChI is InChI=1S/C19H27FN2O3/c1-14(2)22-12-19(13-25-10-17(22)23)7-8-21(11-19)9-15-5-4-6-16(24-3)18(15)20/h4-6,14H,7-13H2,1-3H3. The summed E-state index contributed by atoms with van der Waals surface area (Å²) in [4.78, 5) is 16.4. The SMILES string of the molecule is COc1cccc(CN2CCC3(COCC(=O)N(C(C)C)C3)C2)c1F. The first-order chi connectivity index (χ1) is 11.9. The number of benzene rings is 1. The number of halogens is 1. The van der Waals surface area contributed by atoms with Crippen LogP contribution in [0.25, 0.3) is 0 Å². The number of amides is 1. The van der Waals surface area contributed by atoms with Gasteiger partial charge in [-0.05, 0) is 32.9 Å². The number of ether oxygens (including phenoxy) is 2. The summed E-state index contributed by atoms with van der Waals surface area (Å²) in [6.45, 7) is 7.75. The molecule has 1 unspecified atom stereocenters. The lowest BCUT2D eigenvalue weighted by atomic mass is 9.87. The molecule has 2 aliphatic rings. The Balaban J connectivity index is 1.71. The minimum atomic E-state index is -0.290. The molecular formula is C19H27FN2O3. The van der Waals surface area contributed by atoms with Gasteiger partial charge in [0.25, 0.3) is 0 Å². The lowest BCUT2D eigenvalue weighted by Crippen LogP contribution is -2.45. The van der Waals surface area contributed by atoms with Gasteiger partial charge in [-0.1, -0.05) is 12.1 Å². The van der Waals surface area contributed by atoms with E-state index in [0.29, 0.717) is 25.3 Å². The highest BCUT2D eigenvalue weighted by molar-refractivity contribution is 5.78. The summed E-state index contributed by atoms with van der Waals surface area (Å²) in [5.74, 6) is 0.0482. The Hall–Kier alpha value is -1.66. The van der Waals surface area contributed by atoms with Crippen LogP contribution in [0.3, 0.4) is 0 Å². The summed E-state index contributed by atoms with van der Waals surface area (Å²) in [6.07, 6.45) is 0.953. The van der Waals surface area contributed by atoms with Crippen LogP contribution < -0.4 is 4.74 Å². The summed E-state index contributed by atoms with van der Waals surface area (Å²) in [5.41, 5.74) is 0.578. The fourth-order valence-corrected chi connectivity index (χ4v) is 3.89. The largest absolute Gasteiger partial charge is 0.494 e. The molecule has 5 nitrogen and oxygen atoms in total. The van der Waals surface area contributed by atoms with Crippen molar-refractivity contribution < 1.29 is 18.7 Å². The average molecular weight is 350 g/mol. The molecule has 1 atom stereocenters. The summed E-state index contributed by atoms with van der Waals surface area (Å²) < 4.78 is 25.2. The van der Waals surface area contributed by atoms with Crippen molar-refractivity contribution in [3.05, 3.63) is 29.6 Å². The molecule has 2 fully saturated rings. The van der Waals surface area contributed by atoms with Crippen LogP contribution in [0.4, 0.5) is 4.39 Å². The van der Waals surface area contributed by atoms with Gasteiger partial charge < -0.3 is 14.4 Å². The molecule has 2 saturated heterocycles. The predicted octanol–water partition coefficient (Wildman–Crippen LogP) is 2.29. The molecule has 2 heterocycles.